The van der Waals surface area contributed by atoms with Crippen LogP contribution in [0.3, 0.4) is 0 Å². The summed E-state index contributed by atoms with van der Waals surface area (Å²) >= 11 is 0. The van der Waals surface area contributed by atoms with Crippen LogP contribution in [0, 0.1) is 11.7 Å². The summed E-state index contributed by atoms with van der Waals surface area (Å²) in [6.07, 6.45) is 2.52. The Morgan fingerprint density at radius 3 is 3.00 bits per heavy atom. The molecule has 1 aliphatic rings. The molecule has 0 aliphatic heterocycles. The molecule has 0 amide bonds. The minimum atomic E-state index is -0.997. The van der Waals surface area contributed by atoms with Crippen molar-refractivity contribution >= 4 is 16.9 Å². The summed E-state index contributed by atoms with van der Waals surface area (Å²) in [5.41, 5.74) is 2.43. The molecule has 1 aliphatic carbocycles. The molecule has 0 saturated heterocycles. The maximum absolute atomic E-state index is 13.4. The van der Waals surface area contributed by atoms with E-state index in [0.717, 1.165) is 24.1 Å². The maximum atomic E-state index is 13.4. The fraction of sp³-hybridized carbons (Fsp3) is 0.333. The number of fused-ring (bicyclic) bond motifs is 2. The number of hydrogen-bond acceptors (Lipinski definition) is 2. The zero-order chi connectivity index (χ0) is 13.6. The third kappa shape index (κ3) is 1.97. The molecule has 1 unspecified atom stereocenters. The van der Waals surface area contributed by atoms with Gasteiger partial charge in [0.1, 0.15) is 5.82 Å². The number of carboxylic acids is 1. The molecule has 0 spiro atoms. The molecule has 4 heteroatoms. The highest BCUT2D eigenvalue weighted by Gasteiger charge is 2.25. The van der Waals surface area contributed by atoms with Crippen LogP contribution in [0.2, 0.25) is 0 Å². The van der Waals surface area contributed by atoms with Crippen LogP contribution >= 0.6 is 0 Å². The zero-order valence-electron chi connectivity index (χ0n) is 10.6. The van der Waals surface area contributed by atoms with Crippen molar-refractivity contribution in [2.24, 2.45) is 5.92 Å². The smallest absolute Gasteiger partial charge is 0.336 e. The van der Waals surface area contributed by atoms with Crippen LogP contribution in [-0.2, 0) is 12.8 Å². The molecule has 3 nitrogen and oxygen atoms in total. The van der Waals surface area contributed by atoms with E-state index in [1.807, 2.05) is 0 Å². The first-order chi connectivity index (χ1) is 9.06. The van der Waals surface area contributed by atoms with Crippen molar-refractivity contribution in [1.29, 1.82) is 0 Å². The first-order valence-corrected chi connectivity index (χ1v) is 6.40. The predicted octanol–water partition coefficient (Wildman–Crippen LogP) is 3.20. The van der Waals surface area contributed by atoms with Crippen LogP contribution in [0.15, 0.2) is 18.2 Å². The Bertz CT molecular complexity index is 681. The molecule has 1 N–H and O–H groups in total. The average Bonchev–Trinajstić information content (AvgIpc) is 2.35. The summed E-state index contributed by atoms with van der Waals surface area (Å²) in [5, 5.41) is 9.87. The monoisotopic (exact) mass is 259 g/mol. The molecule has 1 aromatic carbocycles. The van der Waals surface area contributed by atoms with Crippen molar-refractivity contribution in [1.82, 2.24) is 4.98 Å². The van der Waals surface area contributed by atoms with Crippen molar-refractivity contribution in [2.45, 2.75) is 26.2 Å². The van der Waals surface area contributed by atoms with Crippen LogP contribution in [0.4, 0.5) is 4.39 Å². The number of carboxylic acid groups (broad SMARTS) is 1. The van der Waals surface area contributed by atoms with E-state index in [1.165, 1.54) is 12.1 Å². The highest BCUT2D eigenvalue weighted by atomic mass is 19.1. The Balaban J connectivity index is 2.37. The number of carbonyl (C=O) groups is 1. The van der Waals surface area contributed by atoms with E-state index in [1.54, 1.807) is 6.07 Å². The third-order valence-corrected chi connectivity index (χ3v) is 3.77. The van der Waals surface area contributed by atoms with Crippen LogP contribution in [0.5, 0.6) is 0 Å². The number of hydrogen-bond donors (Lipinski definition) is 1. The molecule has 98 valence electrons. The Kier molecular flexibility index (Phi) is 2.73. The predicted molar refractivity (Wildman–Crippen MR) is 69.8 cm³/mol. The second kappa shape index (κ2) is 4.30. The van der Waals surface area contributed by atoms with Crippen molar-refractivity contribution in [3.05, 3.63) is 40.8 Å². The van der Waals surface area contributed by atoms with Crippen LogP contribution in [0.25, 0.3) is 10.9 Å². The summed E-state index contributed by atoms with van der Waals surface area (Å²) in [6, 6.07) is 4.14. The number of nitrogens with zero attached hydrogens (tertiary/aromatic N) is 1. The van der Waals surface area contributed by atoms with Crippen LogP contribution in [-0.4, -0.2) is 16.1 Å². The minimum Gasteiger partial charge on any atom is -0.478 e. The Morgan fingerprint density at radius 2 is 2.26 bits per heavy atom. The zero-order valence-corrected chi connectivity index (χ0v) is 10.6. The van der Waals surface area contributed by atoms with Gasteiger partial charge < -0.3 is 5.11 Å². The van der Waals surface area contributed by atoms with E-state index in [4.69, 9.17) is 0 Å². The first kappa shape index (κ1) is 12.1. The summed E-state index contributed by atoms with van der Waals surface area (Å²) in [6.45, 7) is 2.10. The van der Waals surface area contributed by atoms with Gasteiger partial charge in [-0.15, -0.1) is 0 Å². The highest BCUT2D eigenvalue weighted by molar-refractivity contribution is 6.04. The molecule has 0 fully saturated rings. The van der Waals surface area contributed by atoms with Gasteiger partial charge in [0.25, 0.3) is 0 Å². The molecule has 3 rings (SSSR count). The molecule has 0 radical (unpaired) electrons. The molecule has 1 atom stereocenters. The topological polar surface area (TPSA) is 50.2 Å². The van der Waals surface area contributed by atoms with E-state index >= 15 is 0 Å². The molecular formula is C15H14FNO2. The second-order valence-electron chi connectivity index (χ2n) is 5.23. The molecule has 0 saturated carbocycles. The van der Waals surface area contributed by atoms with Crippen LogP contribution in [0.1, 0.15) is 35.0 Å². The van der Waals surface area contributed by atoms with Crippen molar-refractivity contribution in [3.63, 3.8) is 0 Å². The Morgan fingerprint density at radius 1 is 1.47 bits per heavy atom. The lowest BCUT2D eigenvalue weighted by Crippen LogP contribution is -2.18. The molecule has 1 aromatic heterocycles. The number of aromatic carboxylic acids is 1. The molecule has 1 heterocycles. The van der Waals surface area contributed by atoms with E-state index < -0.39 is 11.8 Å². The SMILES string of the molecule is CC1CCc2nc3ccc(F)cc3c(C(=O)O)c2C1. The van der Waals surface area contributed by atoms with Gasteiger partial charge in [-0.2, -0.15) is 0 Å². The lowest BCUT2D eigenvalue weighted by Gasteiger charge is -2.23. The highest BCUT2D eigenvalue weighted by Crippen LogP contribution is 2.31. The van der Waals surface area contributed by atoms with Crippen molar-refractivity contribution in [2.75, 3.05) is 0 Å². The molecule has 2 aromatic rings. The quantitative estimate of drug-likeness (QED) is 0.855. The Hall–Kier alpha value is -1.97. The van der Waals surface area contributed by atoms with Gasteiger partial charge >= 0.3 is 5.97 Å². The second-order valence-corrected chi connectivity index (χ2v) is 5.23. The fourth-order valence-corrected chi connectivity index (χ4v) is 2.83. The number of aryl methyl sites for hydroxylation is 1. The van der Waals surface area contributed by atoms with Gasteiger partial charge in [0.05, 0.1) is 11.1 Å². The van der Waals surface area contributed by atoms with Gasteiger partial charge in [-0.25, -0.2) is 9.18 Å². The normalized spacial score (nSPS) is 18.3. The fourth-order valence-electron chi connectivity index (χ4n) is 2.83. The summed E-state index contributed by atoms with van der Waals surface area (Å²) < 4.78 is 13.4. The van der Waals surface area contributed by atoms with E-state index in [2.05, 4.69) is 11.9 Å². The molecule has 0 bridgehead atoms. The number of pyridine rings is 1. The van der Waals surface area contributed by atoms with Crippen molar-refractivity contribution < 1.29 is 14.3 Å². The van der Waals surface area contributed by atoms with Gasteiger partial charge in [-0.05, 0) is 48.9 Å². The lowest BCUT2D eigenvalue weighted by molar-refractivity contribution is 0.0697. The van der Waals surface area contributed by atoms with Gasteiger partial charge in [-0.1, -0.05) is 6.92 Å². The summed E-state index contributed by atoms with van der Waals surface area (Å²) in [4.78, 5) is 16.1. The van der Waals surface area contributed by atoms with E-state index in [9.17, 15) is 14.3 Å². The van der Waals surface area contributed by atoms with Gasteiger partial charge in [0.2, 0.25) is 0 Å². The van der Waals surface area contributed by atoms with Gasteiger partial charge in [0.15, 0.2) is 0 Å². The Labute approximate surface area is 110 Å². The minimum absolute atomic E-state index is 0.228. The van der Waals surface area contributed by atoms with Crippen LogP contribution < -0.4 is 0 Å². The van der Waals surface area contributed by atoms with E-state index in [-0.39, 0.29) is 5.56 Å². The standard InChI is InChI=1S/C15H14FNO2/c1-8-2-4-12-10(6-8)14(15(18)19)11-7-9(16)3-5-13(11)17-12/h3,5,7-8H,2,4,6H2,1H3,(H,18,19). The maximum Gasteiger partial charge on any atom is 0.336 e. The number of aromatic nitrogens is 1. The largest absolute Gasteiger partial charge is 0.478 e. The van der Waals surface area contributed by atoms with Gasteiger partial charge in [-0.3, -0.25) is 4.98 Å². The average molecular weight is 259 g/mol. The lowest BCUT2D eigenvalue weighted by atomic mass is 9.84. The molecular weight excluding hydrogens is 245 g/mol. The first-order valence-electron chi connectivity index (χ1n) is 6.40. The summed E-state index contributed by atoms with van der Waals surface area (Å²) in [7, 11) is 0. The van der Waals surface area contributed by atoms with Crippen molar-refractivity contribution in [3.8, 4) is 0 Å². The number of rotatable bonds is 1. The summed E-state index contributed by atoms with van der Waals surface area (Å²) in [5.74, 6) is -0.984. The molecule has 19 heavy (non-hydrogen) atoms. The number of benzene rings is 1. The number of halogens is 1. The van der Waals surface area contributed by atoms with Gasteiger partial charge in [0, 0.05) is 11.1 Å². The van der Waals surface area contributed by atoms with E-state index in [0.29, 0.717) is 23.2 Å². The third-order valence-electron chi connectivity index (χ3n) is 3.77.